The van der Waals surface area contributed by atoms with Gasteiger partial charge in [0.15, 0.2) is 5.76 Å². The zero-order chi connectivity index (χ0) is 22.4. The highest BCUT2D eigenvalue weighted by molar-refractivity contribution is 6.15. The predicted octanol–water partition coefficient (Wildman–Crippen LogP) is 5.96. The molecule has 1 aromatic heterocycles. The molecule has 2 heterocycles. The number of Topliss-reactive ketones (excluding diaryl/α,β-unsaturated/α-hetero) is 1. The second kappa shape index (κ2) is 7.64. The molecule has 3 aromatic carbocycles. The van der Waals surface area contributed by atoms with Crippen LogP contribution in [-0.4, -0.2) is 10.4 Å². The predicted molar refractivity (Wildman–Crippen MR) is 118 cm³/mol. The van der Waals surface area contributed by atoms with E-state index in [1.807, 2.05) is 42.1 Å². The van der Waals surface area contributed by atoms with Crippen molar-refractivity contribution in [3.8, 4) is 11.5 Å². The third-order valence-corrected chi connectivity index (χ3v) is 5.68. The first kappa shape index (κ1) is 20.0. The smallest absolute Gasteiger partial charge is 0.231 e. The van der Waals surface area contributed by atoms with Crippen LogP contribution in [0.3, 0.4) is 0 Å². The standard InChI is InChI=1S/C26H19F2NO3/c1-15-23(31-14-19-20(27)7-5-8-21(19)28)11-10-18-25(30)24(32-26(15)18)12-16-13-29(2)22-9-4-3-6-17(16)22/h3-13H,14H2,1-2H3/b24-12-. The first-order chi connectivity index (χ1) is 15.4. The molecule has 0 unspecified atom stereocenters. The Bertz CT molecular complexity index is 1400. The maximum Gasteiger partial charge on any atom is 0.231 e. The summed E-state index contributed by atoms with van der Waals surface area (Å²) in [4.78, 5) is 12.9. The van der Waals surface area contributed by atoms with E-state index in [1.54, 1.807) is 25.1 Å². The van der Waals surface area contributed by atoms with E-state index in [9.17, 15) is 13.6 Å². The number of hydrogen-bond donors (Lipinski definition) is 0. The number of nitrogens with zero attached hydrogens (tertiary/aromatic N) is 1. The van der Waals surface area contributed by atoms with Gasteiger partial charge in [0.25, 0.3) is 0 Å². The molecule has 0 bridgehead atoms. The Hall–Kier alpha value is -3.93. The third kappa shape index (κ3) is 3.24. The van der Waals surface area contributed by atoms with Crippen molar-refractivity contribution in [1.82, 2.24) is 4.57 Å². The molecule has 0 amide bonds. The fourth-order valence-corrected chi connectivity index (χ4v) is 3.97. The Labute approximate surface area is 183 Å². The number of carbonyl (C=O) groups is 1. The molecule has 0 atom stereocenters. The lowest BCUT2D eigenvalue weighted by Gasteiger charge is -2.12. The van der Waals surface area contributed by atoms with Gasteiger partial charge in [0.1, 0.15) is 29.7 Å². The Kier molecular flexibility index (Phi) is 4.78. The number of rotatable bonds is 4. The maximum absolute atomic E-state index is 13.9. The molecule has 0 fully saturated rings. The number of allylic oxidation sites excluding steroid dienone is 1. The molecule has 4 aromatic rings. The van der Waals surface area contributed by atoms with Crippen molar-refractivity contribution in [3.63, 3.8) is 0 Å². The van der Waals surface area contributed by atoms with Crippen LogP contribution in [0.1, 0.15) is 27.0 Å². The highest BCUT2D eigenvalue weighted by Crippen LogP contribution is 2.40. The van der Waals surface area contributed by atoms with Crippen molar-refractivity contribution >= 4 is 22.8 Å². The molecule has 5 rings (SSSR count). The van der Waals surface area contributed by atoms with E-state index in [0.717, 1.165) is 16.5 Å². The Morgan fingerprint density at radius 1 is 1.03 bits per heavy atom. The van der Waals surface area contributed by atoms with E-state index in [4.69, 9.17) is 9.47 Å². The second-order valence-electron chi connectivity index (χ2n) is 7.71. The highest BCUT2D eigenvalue weighted by Gasteiger charge is 2.30. The van der Waals surface area contributed by atoms with Gasteiger partial charge in [0.2, 0.25) is 5.78 Å². The molecule has 1 aliphatic rings. The normalized spacial score (nSPS) is 14.1. The van der Waals surface area contributed by atoms with E-state index in [0.29, 0.717) is 22.6 Å². The molecule has 4 nitrogen and oxygen atoms in total. The summed E-state index contributed by atoms with van der Waals surface area (Å²) in [5.74, 6) is -0.552. The van der Waals surface area contributed by atoms with Gasteiger partial charge >= 0.3 is 0 Å². The maximum atomic E-state index is 13.9. The number of fused-ring (bicyclic) bond motifs is 2. The lowest BCUT2D eigenvalue weighted by Crippen LogP contribution is -2.03. The van der Waals surface area contributed by atoms with Gasteiger partial charge in [-0.15, -0.1) is 0 Å². The van der Waals surface area contributed by atoms with Crippen molar-refractivity contribution in [2.45, 2.75) is 13.5 Å². The van der Waals surface area contributed by atoms with Crippen LogP contribution >= 0.6 is 0 Å². The van der Waals surface area contributed by atoms with Crippen LogP contribution in [0.2, 0.25) is 0 Å². The Morgan fingerprint density at radius 2 is 1.78 bits per heavy atom. The average Bonchev–Trinajstić information content (AvgIpc) is 3.27. The first-order valence-electron chi connectivity index (χ1n) is 10.1. The largest absolute Gasteiger partial charge is 0.488 e. The van der Waals surface area contributed by atoms with Crippen LogP contribution in [0.25, 0.3) is 17.0 Å². The summed E-state index contributed by atoms with van der Waals surface area (Å²) in [6, 6.07) is 14.8. The molecule has 1 aliphatic heterocycles. The molecule has 0 saturated heterocycles. The Balaban J connectivity index is 1.45. The number of aromatic nitrogens is 1. The number of ether oxygens (including phenoxy) is 2. The van der Waals surface area contributed by atoms with Crippen molar-refractivity contribution < 1.29 is 23.0 Å². The fourth-order valence-electron chi connectivity index (χ4n) is 3.97. The minimum atomic E-state index is -0.671. The third-order valence-electron chi connectivity index (χ3n) is 5.68. The summed E-state index contributed by atoms with van der Waals surface area (Å²) in [6.45, 7) is 1.48. The summed E-state index contributed by atoms with van der Waals surface area (Å²) in [5.41, 5.74) is 2.80. The van der Waals surface area contributed by atoms with Crippen LogP contribution in [0, 0.1) is 18.6 Å². The van der Waals surface area contributed by atoms with Crippen molar-refractivity contribution in [3.05, 3.63) is 100 Å². The van der Waals surface area contributed by atoms with Gasteiger partial charge in [0.05, 0.1) is 11.1 Å². The zero-order valence-electron chi connectivity index (χ0n) is 17.5. The quantitative estimate of drug-likeness (QED) is 0.374. The van der Waals surface area contributed by atoms with Gasteiger partial charge in [-0.3, -0.25) is 4.79 Å². The van der Waals surface area contributed by atoms with E-state index in [2.05, 4.69) is 0 Å². The van der Waals surface area contributed by atoms with Gasteiger partial charge in [-0.25, -0.2) is 8.78 Å². The molecule has 0 N–H and O–H groups in total. The molecule has 160 valence electrons. The zero-order valence-corrected chi connectivity index (χ0v) is 17.5. The molecule has 0 saturated carbocycles. The van der Waals surface area contributed by atoms with Crippen LogP contribution in [-0.2, 0) is 13.7 Å². The lowest BCUT2D eigenvalue weighted by atomic mass is 10.1. The molecular weight excluding hydrogens is 412 g/mol. The van der Waals surface area contributed by atoms with E-state index >= 15 is 0 Å². The number of carbonyl (C=O) groups excluding carboxylic acids is 1. The van der Waals surface area contributed by atoms with Crippen molar-refractivity contribution in [1.29, 1.82) is 0 Å². The van der Waals surface area contributed by atoms with Gasteiger partial charge in [-0.2, -0.15) is 0 Å². The first-order valence-corrected chi connectivity index (χ1v) is 10.1. The molecule has 0 spiro atoms. The fraction of sp³-hybridized carbons (Fsp3) is 0.115. The van der Waals surface area contributed by atoms with Crippen molar-refractivity contribution in [2.24, 2.45) is 7.05 Å². The van der Waals surface area contributed by atoms with E-state index < -0.39 is 11.6 Å². The van der Waals surface area contributed by atoms with Gasteiger partial charge in [-0.05, 0) is 43.3 Å². The molecule has 0 radical (unpaired) electrons. The molecule has 6 heteroatoms. The van der Waals surface area contributed by atoms with Crippen LogP contribution in [0.5, 0.6) is 11.5 Å². The Morgan fingerprint density at radius 3 is 2.56 bits per heavy atom. The summed E-state index contributed by atoms with van der Waals surface area (Å²) in [6.07, 6.45) is 3.68. The van der Waals surface area contributed by atoms with Crippen LogP contribution in [0.15, 0.2) is 66.6 Å². The number of ketones is 1. The van der Waals surface area contributed by atoms with Crippen molar-refractivity contribution in [2.75, 3.05) is 0 Å². The monoisotopic (exact) mass is 431 g/mol. The second-order valence-corrected chi connectivity index (χ2v) is 7.71. The number of hydrogen-bond acceptors (Lipinski definition) is 3. The van der Waals surface area contributed by atoms with E-state index in [-0.39, 0.29) is 23.7 Å². The topological polar surface area (TPSA) is 40.5 Å². The SMILES string of the molecule is Cc1c(OCc2c(F)cccc2F)ccc2c1O/C(=C\c1cn(C)c3ccccc13)C2=O. The molecule has 32 heavy (non-hydrogen) atoms. The average molecular weight is 431 g/mol. The molecule has 0 aliphatic carbocycles. The van der Waals surface area contributed by atoms with Gasteiger partial charge in [0, 0.05) is 35.3 Å². The number of para-hydroxylation sites is 1. The summed E-state index contributed by atoms with van der Waals surface area (Å²) >= 11 is 0. The molecular formula is C26H19F2NO3. The number of benzene rings is 3. The summed E-state index contributed by atoms with van der Waals surface area (Å²) in [7, 11) is 1.95. The van der Waals surface area contributed by atoms with Crippen LogP contribution < -0.4 is 9.47 Å². The lowest BCUT2D eigenvalue weighted by molar-refractivity contribution is 0.101. The summed E-state index contributed by atoms with van der Waals surface area (Å²) < 4.78 is 41.4. The van der Waals surface area contributed by atoms with Gasteiger partial charge < -0.3 is 14.0 Å². The number of halogens is 2. The van der Waals surface area contributed by atoms with Crippen LogP contribution in [0.4, 0.5) is 8.78 Å². The minimum Gasteiger partial charge on any atom is -0.488 e. The summed E-state index contributed by atoms with van der Waals surface area (Å²) in [5, 5.41) is 1.02. The minimum absolute atomic E-state index is 0.152. The van der Waals surface area contributed by atoms with Gasteiger partial charge in [-0.1, -0.05) is 24.3 Å². The number of aryl methyl sites for hydroxylation is 1. The highest BCUT2D eigenvalue weighted by atomic mass is 19.1. The van der Waals surface area contributed by atoms with E-state index in [1.165, 1.54) is 18.2 Å².